The number of carbonyl (C=O) groups is 1. The minimum atomic E-state index is -4.39. The molecule has 1 aromatic rings. The number of nitrogens with one attached hydrogen (secondary N) is 1. The molecule has 0 saturated heterocycles. The van der Waals surface area contributed by atoms with E-state index in [1.165, 1.54) is 11.8 Å². The SMILES string of the molecule is CSC1C(=O)Nc2cc(C(F)(F)F)cc(I)c21. The maximum atomic E-state index is 12.6. The summed E-state index contributed by atoms with van der Waals surface area (Å²) >= 11 is 3.15. The first-order valence-corrected chi connectivity index (χ1v) is 6.95. The maximum Gasteiger partial charge on any atom is 0.416 e. The van der Waals surface area contributed by atoms with Gasteiger partial charge >= 0.3 is 6.18 Å². The van der Waals surface area contributed by atoms with Crippen LogP contribution in [0.15, 0.2) is 12.1 Å². The second-order valence-electron chi connectivity index (χ2n) is 3.52. The minimum absolute atomic E-state index is 0.259. The van der Waals surface area contributed by atoms with Crippen LogP contribution in [-0.4, -0.2) is 12.2 Å². The number of carbonyl (C=O) groups excluding carboxylic acids is 1. The van der Waals surface area contributed by atoms with Gasteiger partial charge in [-0.25, -0.2) is 0 Å². The molecule has 1 atom stereocenters. The fraction of sp³-hybridized carbons (Fsp3) is 0.300. The molecule has 2 rings (SSSR count). The van der Waals surface area contributed by atoms with E-state index < -0.39 is 17.0 Å². The van der Waals surface area contributed by atoms with E-state index in [9.17, 15) is 18.0 Å². The van der Waals surface area contributed by atoms with Crippen LogP contribution in [0.5, 0.6) is 0 Å². The summed E-state index contributed by atoms with van der Waals surface area (Å²) in [5, 5.41) is 2.07. The molecule has 0 spiro atoms. The van der Waals surface area contributed by atoms with Crippen LogP contribution >= 0.6 is 34.4 Å². The molecule has 92 valence electrons. The summed E-state index contributed by atoms with van der Waals surface area (Å²) in [5.74, 6) is -0.259. The van der Waals surface area contributed by atoms with Gasteiger partial charge in [-0.1, -0.05) is 0 Å². The van der Waals surface area contributed by atoms with Crippen LogP contribution in [0.4, 0.5) is 18.9 Å². The van der Waals surface area contributed by atoms with Crippen LogP contribution in [-0.2, 0) is 11.0 Å². The smallest absolute Gasteiger partial charge is 0.324 e. The highest BCUT2D eigenvalue weighted by molar-refractivity contribution is 14.1. The highest BCUT2D eigenvalue weighted by Crippen LogP contribution is 2.44. The first-order valence-electron chi connectivity index (χ1n) is 4.59. The van der Waals surface area contributed by atoms with Gasteiger partial charge in [-0.05, 0) is 41.0 Å². The Morgan fingerprint density at radius 2 is 2.06 bits per heavy atom. The van der Waals surface area contributed by atoms with Gasteiger partial charge in [0.15, 0.2) is 0 Å². The number of rotatable bonds is 1. The Hall–Kier alpha value is -0.440. The number of fused-ring (bicyclic) bond motifs is 1. The van der Waals surface area contributed by atoms with Crippen molar-refractivity contribution >= 4 is 45.9 Å². The van der Waals surface area contributed by atoms with Crippen molar-refractivity contribution in [2.75, 3.05) is 11.6 Å². The summed E-state index contributed by atoms with van der Waals surface area (Å²) in [6.07, 6.45) is -2.63. The quantitative estimate of drug-likeness (QED) is 0.762. The molecular formula is C10H7F3INOS. The molecule has 1 aliphatic rings. The number of alkyl halides is 3. The van der Waals surface area contributed by atoms with Crippen LogP contribution in [0.3, 0.4) is 0 Å². The van der Waals surface area contributed by atoms with Crippen molar-refractivity contribution in [3.63, 3.8) is 0 Å². The van der Waals surface area contributed by atoms with Crippen molar-refractivity contribution in [3.05, 3.63) is 26.8 Å². The predicted molar refractivity (Wildman–Crippen MR) is 69.0 cm³/mol. The number of hydrogen-bond acceptors (Lipinski definition) is 2. The minimum Gasteiger partial charge on any atom is -0.324 e. The van der Waals surface area contributed by atoms with Gasteiger partial charge in [0, 0.05) is 14.8 Å². The molecule has 0 aliphatic carbocycles. The molecule has 1 heterocycles. The second-order valence-corrected chi connectivity index (χ2v) is 5.63. The standard InChI is InChI=1S/C10H7F3INOS/c1-17-8-7-5(14)2-4(10(11,12)13)3-6(7)15-9(8)16/h2-3,8H,1H3,(H,15,16). The van der Waals surface area contributed by atoms with E-state index in [1.54, 1.807) is 6.26 Å². The van der Waals surface area contributed by atoms with Gasteiger partial charge in [0.05, 0.1) is 5.56 Å². The lowest BCUT2D eigenvalue weighted by Gasteiger charge is -2.11. The zero-order chi connectivity index (χ0) is 12.8. The van der Waals surface area contributed by atoms with E-state index in [4.69, 9.17) is 0 Å². The molecule has 17 heavy (non-hydrogen) atoms. The molecule has 0 saturated carbocycles. The van der Waals surface area contributed by atoms with Crippen molar-refractivity contribution in [3.8, 4) is 0 Å². The van der Waals surface area contributed by atoms with E-state index >= 15 is 0 Å². The molecule has 0 bridgehead atoms. The van der Waals surface area contributed by atoms with Gasteiger partial charge in [0.1, 0.15) is 5.25 Å². The number of halogens is 4. The van der Waals surface area contributed by atoms with E-state index in [0.717, 1.165) is 12.1 Å². The molecule has 0 radical (unpaired) electrons. The van der Waals surface area contributed by atoms with Gasteiger partial charge in [-0.3, -0.25) is 4.79 Å². The Morgan fingerprint density at radius 3 is 2.59 bits per heavy atom. The summed E-state index contributed by atoms with van der Waals surface area (Å²) < 4.78 is 38.2. The molecule has 1 amide bonds. The zero-order valence-corrected chi connectivity index (χ0v) is 11.5. The third-order valence-corrected chi connectivity index (χ3v) is 4.26. The van der Waals surface area contributed by atoms with E-state index in [-0.39, 0.29) is 11.6 Å². The molecule has 7 heteroatoms. The average Bonchev–Trinajstić information content (AvgIpc) is 2.52. The van der Waals surface area contributed by atoms with Crippen LogP contribution in [0.25, 0.3) is 0 Å². The van der Waals surface area contributed by atoms with Crippen LogP contribution in [0.1, 0.15) is 16.4 Å². The molecule has 0 fully saturated rings. The van der Waals surface area contributed by atoms with Gasteiger partial charge in [0.25, 0.3) is 0 Å². The largest absolute Gasteiger partial charge is 0.416 e. The Bertz CT molecular complexity index is 489. The Kier molecular flexibility index (Phi) is 3.32. The fourth-order valence-electron chi connectivity index (χ4n) is 1.71. The highest BCUT2D eigenvalue weighted by Gasteiger charge is 2.37. The van der Waals surface area contributed by atoms with Crippen molar-refractivity contribution in [2.24, 2.45) is 0 Å². The Labute approximate surface area is 113 Å². The first kappa shape index (κ1) is 13.0. The number of amides is 1. The molecule has 0 aromatic heterocycles. The molecule has 1 aromatic carbocycles. The van der Waals surface area contributed by atoms with E-state index in [1.807, 2.05) is 22.6 Å². The first-order chi connectivity index (χ1) is 7.84. The summed E-state index contributed by atoms with van der Waals surface area (Å²) in [6, 6.07) is 2.06. The van der Waals surface area contributed by atoms with Gasteiger partial charge in [0.2, 0.25) is 5.91 Å². The van der Waals surface area contributed by atoms with Crippen molar-refractivity contribution in [1.29, 1.82) is 0 Å². The summed E-state index contributed by atoms with van der Waals surface area (Å²) in [7, 11) is 0. The zero-order valence-electron chi connectivity index (χ0n) is 8.56. The maximum absolute atomic E-state index is 12.6. The molecule has 2 nitrogen and oxygen atoms in total. The van der Waals surface area contributed by atoms with Gasteiger partial charge in [-0.2, -0.15) is 13.2 Å². The van der Waals surface area contributed by atoms with Crippen molar-refractivity contribution < 1.29 is 18.0 Å². The van der Waals surface area contributed by atoms with Crippen LogP contribution < -0.4 is 5.32 Å². The number of thioether (sulfide) groups is 1. The molecule has 1 aliphatic heterocycles. The summed E-state index contributed by atoms with van der Waals surface area (Å²) in [6.45, 7) is 0. The lowest BCUT2D eigenvalue weighted by atomic mass is 10.1. The molecular weight excluding hydrogens is 366 g/mol. The second kappa shape index (κ2) is 4.34. The predicted octanol–water partition coefficient (Wildman–Crippen LogP) is 3.67. The summed E-state index contributed by atoms with van der Waals surface area (Å²) in [5.41, 5.74) is 0.187. The van der Waals surface area contributed by atoms with Crippen molar-refractivity contribution in [2.45, 2.75) is 11.4 Å². The number of anilines is 1. The lowest BCUT2D eigenvalue weighted by molar-refractivity contribution is -0.137. The Morgan fingerprint density at radius 1 is 1.41 bits per heavy atom. The van der Waals surface area contributed by atoms with E-state index in [0.29, 0.717) is 9.13 Å². The monoisotopic (exact) mass is 373 g/mol. The molecule has 1 unspecified atom stereocenters. The topological polar surface area (TPSA) is 29.1 Å². The average molecular weight is 373 g/mol. The Balaban J connectivity index is 2.56. The summed E-state index contributed by atoms with van der Waals surface area (Å²) in [4.78, 5) is 11.6. The van der Waals surface area contributed by atoms with Crippen molar-refractivity contribution in [1.82, 2.24) is 0 Å². The number of hydrogen-bond donors (Lipinski definition) is 1. The highest BCUT2D eigenvalue weighted by atomic mass is 127. The number of benzene rings is 1. The van der Waals surface area contributed by atoms with Crippen LogP contribution in [0, 0.1) is 3.57 Å². The lowest BCUT2D eigenvalue weighted by Crippen LogP contribution is -2.08. The van der Waals surface area contributed by atoms with E-state index in [2.05, 4.69) is 5.32 Å². The van der Waals surface area contributed by atoms with Crippen LogP contribution in [0.2, 0.25) is 0 Å². The van der Waals surface area contributed by atoms with Gasteiger partial charge in [-0.15, -0.1) is 11.8 Å². The van der Waals surface area contributed by atoms with Gasteiger partial charge < -0.3 is 5.32 Å². The third-order valence-electron chi connectivity index (χ3n) is 2.45. The normalized spacial score (nSPS) is 19.1. The molecule has 1 N–H and O–H groups in total. The fourth-order valence-corrected chi connectivity index (χ4v) is 3.62. The third kappa shape index (κ3) is 2.26.